The monoisotopic (exact) mass is 461 g/mol. The van der Waals surface area contributed by atoms with Crippen molar-refractivity contribution in [3.8, 4) is 16.3 Å². The highest BCUT2D eigenvalue weighted by Gasteiger charge is 2.33. The minimum Gasteiger partial charge on any atom is -0.489 e. The maximum absolute atomic E-state index is 12.9. The number of nitrogens with one attached hydrogen (secondary N) is 1. The van der Waals surface area contributed by atoms with Crippen LogP contribution >= 0.6 is 34.5 Å². The molecule has 0 radical (unpaired) electrons. The van der Waals surface area contributed by atoms with Gasteiger partial charge in [0.25, 0.3) is 0 Å². The molecular formula is C19H16Cl2F3N3OS. The van der Waals surface area contributed by atoms with Crippen LogP contribution in [0.3, 0.4) is 0 Å². The van der Waals surface area contributed by atoms with Crippen LogP contribution in [0.2, 0.25) is 10.2 Å². The van der Waals surface area contributed by atoms with Crippen molar-refractivity contribution in [3.63, 3.8) is 0 Å². The summed E-state index contributed by atoms with van der Waals surface area (Å²) in [6.07, 6.45) is -2.90. The van der Waals surface area contributed by atoms with Crippen molar-refractivity contribution in [2.75, 3.05) is 5.32 Å². The predicted molar refractivity (Wildman–Crippen MR) is 110 cm³/mol. The second-order valence-corrected chi connectivity index (χ2v) is 8.27. The van der Waals surface area contributed by atoms with Gasteiger partial charge in [0, 0.05) is 22.3 Å². The Kier molecular flexibility index (Phi) is 6.55. The summed E-state index contributed by atoms with van der Waals surface area (Å²) >= 11 is 13.4. The van der Waals surface area contributed by atoms with Gasteiger partial charge in [-0.15, -0.1) is 11.3 Å². The van der Waals surface area contributed by atoms with Gasteiger partial charge < -0.3 is 10.1 Å². The largest absolute Gasteiger partial charge is 0.489 e. The summed E-state index contributed by atoms with van der Waals surface area (Å²) in [7, 11) is 0. The molecule has 0 aliphatic heterocycles. The predicted octanol–water partition coefficient (Wildman–Crippen LogP) is 6.93. The number of benzene rings is 1. The quantitative estimate of drug-likeness (QED) is 0.404. The third kappa shape index (κ3) is 5.74. The molecule has 3 aromatic rings. The summed E-state index contributed by atoms with van der Waals surface area (Å²) in [5, 5.41) is 3.91. The van der Waals surface area contributed by atoms with E-state index in [1.54, 1.807) is 18.3 Å². The van der Waals surface area contributed by atoms with Crippen LogP contribution in [0.1, 0.15) is 24.4 Å². The van der Waals surface area contributed by atoms with Gasteiger partial charge in [-0.2, -0.15) is 13.2 Å². The number of nitrogens with zero attached hydrogens (tertiary/aromatic N) is 2. The Morgan fingerprint density at radius 2 is 1.93 bits per heavy atom. The van der Waals surface area contributed by atoms with Crippen molar-refractivity contribution in [2.45, 2.75) is 32.7 Å². The number of hydrogen-bond donors (Lipinski definition) is 1. The molecule has 0 fully saturated rings. The van der Waals surface area contributed by atoms with Crippen LogP contribution in [-0.4, -0.2) is 16.1 Å². The molecular weight excluding hydrogens is 446 g/mol. The highest BCUT2D eigenvalue weighted by Crippen LogP contribution is 2.34. The number of rotatable bonds is 6. The number of pyridine rings is 1. The van der Waals surface area contributed by atoms with E-state index in [4.69, 9.17) is 27.9 Å². The third-order valence-electron chi connectivity index (χ3n) is 3.65. The summed E-state index contributed by atoms with van der Waals surface area (Å²) in [5.74, 6) is 0.596. The van der Waals surface area contributed by atoms with Gasteiger partial charge in [0.15, 0.2) is 0 Å². The first kappa shape index (κ1) is 21.7. The first-order chi connectivity index (χ1) is 13.6. The zero-order valence-electron chi connectivity index (χ0n) is 15.3. The van der Waals surface area contributed by atoms with Gasteiger partial charge in [0.05, 0.1) is 17.7 Å². The molecule has 0 saturated carbocycles. The average molecular weight is 462 g/mol. The van der Waals surface area contributed by atoms with Crippen molar-refractivity contribution < 1.29 is 17.9 Å². The number of halogens is 5. The number of hydrogen-bond acceptors (Lipinski definition) is 5. The van der Waals surface area contributed by atoms with E-state index in [-0.39, 0.29) is 23.5 Å². The van der Waals surface area contributed by atoms with Crippen LogP contribution in [0.4, 0.5) is 18.9 Å². The molecule has 0 aliphatic rings. The van der Waals surface area contributed by atoms with Gasteiger partial charge in [-0.1, -0.05) is 23.2 Å². The number of alkyl halides is 3. The molecule has 0 aliphatic carbocycles. The minimum atomic E-state index is -4.57. The molecule has 2 aromatic heterocycles. The third-order valence-corrected chi connectivity index (χ3v) is 5.18. The van der Waals surface area contributed by atoms with E-state index in [0.29, 0.717) is 10.8 Å². The lowest BCUT2D eigenvalue weighted by Crippen LogP contribution is -2.09. The fourth-order valence-electron chi connectivity index (χ4n) is 2.44. The summed E-state index contributed by atoms with van der Waals surface area (Å²) < 4.78 is 44.2. The van der Waals surface area contributed by atoms with Gasteiger partial charge >= 0.3 is 6.18 Å². The zero-order chi connectivity index (χ0) is 21.2. The fraction of sp³-hybridized carbons (Fsp3) is 0.263. The summed E-state index contributed by atoms with van der Waals surface area (Å²) in [5.41, 5.74) is 0.00928. The SMILES string of the molecule is CC(C)Oc1ccc(-c2ncc(CNc3cc(Cl)nc(C(F)(F)F)c3)s2)cc1Cl. The Balaban J connectivity index is 1.71. The number of thiazole rings is 1. The van der Waals surface area contributed by atoms with E-state index in [1.165, 1.54) is 17.4 Å². The molecule has 0 amide bonds. The van der Waals surface area contributed by atoms with Gasteiger partial charge in [0.1, 0.15) is 21.6 Å². The lowest BCUT2D eigenvalue weighted by Gasteiger charge is -2.11. The van der Waals surface area contributed by atoms with E-state index in [1.807, 2.05) is 19.9 Å². The molecule has 154 valence electrons. The lowest BCUT2D eigenvalue weighted by atomic mass is 10.2. The molecule has 1 aromatic carbocycles. The van der Waals surface area contributed by atoms with Crippen LogP contribution in [0.5, 0.6) is 5.75 Å². The Morgan fingerprint density at radius 3 is 2.59 bits per heavy atom. The first-order valence-corrected chi connectivity index (χ1v) is 10.1. The maximum atomic E-state index is 12.9. The highest BCUT2D eigenvalue weighted by molar-refractivity contribution is 7.15. The van der Waals surface area contributed by atoms with Gasteiger partial charge in [0.2, 0.25) is 0 Å². The normalized spacial score (nSPS) is 11.7. The molecule has 0 unspecified atom stereocenters. The zero-order valence-corrected chi connectivity index (χ0v) is 17.7. The topological polar surface area (TPSA) is 47.0 Å². The summed E-state index contributed by atoms with van der Waals surface area (Å²) in [6.45, 7) is 4.12. The van der Waals surface area contributed by atoms with E-state index >= 15 is 0 Å². The first-order valence-electron chi connectivity index (χ1n) is 8.52. The molecule has 0 saturated heterocycles. The van der Waals surface area contributed by atoms with Crippen LogP contribution in [0.25, 0.3) is 10.6 Å². The molecule has 0 atom stereocenters. The van der Waals surface area contributed by atoms with E-state index < -0.39 is 11.9 Å². The van der Waals surface area contributed by atoms with Crippen molar-refractivity contribution in [3.05, 3.63) is 57.3 Å². The van der Waals surface area contributed by atoms with Crippen molar-refractivity contribution in [1.82, 2.24) is 9.97 Å². The standard InChI is InChI=1S/C19H16Cl2F3N3OS/c1-10(2)28-15-4-3-11(5-14(15)20)18-26-9-13(29-18)8-25-12-6-16(19(22,23)24)27-17(21)7-12/h3-7,9-10H,8H2,1-2H3,(H,25,27). The van der Waals surface area contributed by atoms with Gasteiger partial charge in [-0.25, -0.2) is 9.97 Å². The van der Waals surface area contributed by atoms with E-state index in [0.717, 1.165) is 21.5 Å². The second kappa shape index (κ2) is 8.77. The lowest BCUT2D eigenvalue weighted by molar-refractivity contribution is -0.141. The molecule has 4 nitrogen and oxygen atoms in total. The minimum absolute atomic E-state index is 0.00967. The van der Waals surface area contributed by atoms with Crippen molar-refractivity contribution in [1.29, 1.82) is 0 Å². The van der Waals surface area contributed by atoms with E-state index in [2.05, 4.69) is 15.3 Å². The fourth-order valence-corrected chi connectivity index (χ4v) is 3.72. The Hall–Kier alpha value is -2.03. The highest BCUT2D eigenvalue weighted by atomic mass is 35.5. The molecule has 29 heavy (non-hydrogen) atoms. The number of ether oxygens (including phenoxy) is 1. The molecule has 2 heterocycles. The van der Waals surface area contributed by atoms with Crippen LogP contribution in [0.15, 0.2) is 36.5 Å². The maximum Gasteiger partial charge on any atom is 0.433 e. The summed E-state index contributed by atoms with van der Waals surface area (Å²) in [4.78, 5) is 8.50. The smallest absolute Gasteiger partial charge is 0.433 e. The van der Waals surface area contributed by atoms with Crippen LogP contribution in [-0.2, 0) is 12.7 Å². The van der Waals surface area contributed by atoms with Gasteiger partial charge in [-0.05, 0) is 44.2 Å². The molecule has 0 spiro atoms. The van der Waals surface area contributed by atoms with Crippen molar-refractivity contribution in [2.24, 2.45) is 0 Å². The Morgan fingerprint density at radius 1 is 1.17 bits per heavy atom. The number of anilines is 1. The van der Waals surface area contributed by atoms with Crippen LogP contribution < -0.4 is 10.1 Å². The van der Waals surface area contributed by atoms with Gasteiger partial charge in [-0.3, -0.25) is 0 Å². The van der Waals surface area contributed by atoms with Crippen molar-refractivity contribution >= 4 is 40.2 Å². The molecule has 10 heteroatoms. The molecule has 3 rings (SSSR count). The number of aromatic nitrogens is 2. The Labute approximate surface area is 179 Å². The summed E-state index contributed by atoms with van der Waals surface area (Å²) in [6, 6.07) is 7.67. The second-order valence-electron chi connectivity index (χ2n) is 6.36. The van der Waals surface area contributed by atoms with Crippen LogP contribution in [0, 0.1) is 0 Å². The van der Waals surface area contributed by atoms with E-state index in [9.17, 15) is 13.2 Å². The molecule has 0 bridgehead atoms. The average Bonchev–Trinajstić information content (AvgIpc) is 3.09. The Bertz CT molecular complexity index is 1010. The molecule has 1 N–H and O–H groups in total.